The van der Waals surface area contributed by atoms with E-state index in [0.717, 1.165) is 12.1 Å². The molecule has 0 bridgehead atoms. The van der Waals surface area contributed by atoms with Crippen molar-refractivity contribution in [2.45, 2.75) is 0 Å². The number of hydrogen-bond acceptors (Lipinski definition) is 6. The minimum Gasteiger partial charge on any atom is -0.366 e. The predicted octanol–water partition coefficient (Wildman–Crippen LogP) is 2.81. The number of fused-ring (bicyclic) bond motifs is 1. The minimum atomic E-state index is -1.31. The standard InChI is InChI=1S/C22H13F2N7O2/c23-16-2-1-13(20(25)33)18(24)17(16)19(32)15-9-28-21-14(15)5-11(6-27-21)12-7-29-22(30-8-12)31-4-3-26-10-31/h1-10H,(H2,25,33)(H,27,28). The van der Waals surface area contributed by atoms with Crippen LogP contribution in [-0.2, 0) is 0 Å². The van der Waals surface area contributed by atoms with Crippen LogP contribution in [0.15, 0.2) is 61.7 Å². The monoisotopic (exact) mass is 445 g/mol. The van der Waals surface area contributed by atoms with Crippen LogP contribution in [0.1, 0.15) is 26.3 Å². The fraction of sp³-hybridized carbons (Fsp3) is 0. The number of H-pyrrole nitrogens is 1. The molecule has 9 nitrogen and oxygen atoms in total. The zero-order valence-corrected chi connectivity index (χ0v) is 16.7. The molecule has 4 aromatic heterocycles. The van der Waals surface area contributed by atoms with E-state index in [9.17, 15) is 18.4 Å². The maximum absolute atomic E-state index is 14.7. The quantitative estimate of drug-likeness (QED) is 0.400. The summed E-state index contributed by atoms with van der Waals surface area (Å²) in [7, 11) is 0. The molecule has 0 fully saturated rings. The van der Waals surface area contributed by atoms with Gasteiger partial charge in [0.05, 0.1) is 11.1 Å². The van der Waals surface area contributed by atoms with Crippen LogP contribution in [-0.4, -0.2) is 41.2 Å². The molecule has 0 aliphatic rings. The van der Waals surface area contributed by atoms with E-state index in [-0.39, 0.29) is 5.56 Å². The van der Waals surface area contributed by atoms with Crippen LogP contribution in [0.5, 0.6) is 0 Å². The lowest BCUT2D eigenvalue weighted by Gasteiger charge is -2.07. The van der Waals surface area contributed by atoms with E-state index in [1.165, 1.54) is 6.20 Å². The largest absolute Gasteiger partial charge is 0.366 e. The maximum atomic E-state index is 14.7. The Morgan fingerprint density at radius 3 is 2.45 bits per heavy atom. The van der Waals surface area contributed by atoms with Crippen molar-refractivity contribution in [3.8, 4) is 17.1 Å². The summed E-state index contributed by atoms with van der Waals surface area (Å²) in [4.78, 5) is 44.1. The van der Waals surface area contributed by atoms with Gasteiger partial charge in [0, 0.05) is 59.3 Å². The lowest BCUT2D eigenvalue weighted by Crippen LogP contribution is -2.17. The number of imidazole rings is 1. The van der Waals surface area contributed by atoms with Gasteiger partial charge in [-0.2, -0.15) is 0 Å². The fourth-order valence-electron chi connectivity index (χ4n) is 3.42. The van der Waals surface area contributed by atoms with Crippen molar-refractivity contribution in [2.24, 2.45) is 5.73 Å². The Kier molecular flexibility index (Phi) is 4.70. The summed E-state index contributed by atoms with van der Waals surface area (Å²) >= 11 is 0. The van der Waals surface area contributed by atoms with E-state index in [1.807, 2.05) is 0 Å². The van der Waals surface area contributed by atoms with Gasteiger partial charge in [-0.15, -0.1) is 0 Å². The predicted molar refractivity (Wildman–Crippen MR) is 113 cm³/mol. The number of rotatable bonds is 5. The number of primary amides is 1. The van der Waals surface area contributed by atoms with Crippen molar-refractivity contribution in [2.75, 3.05) is 0 Å². The molecule has 1 amide bonds. The molecule has 1 aromatic carbocycles. The Labute approximate surface area is 184 Å². The number of nitrogens with zero attached hydrogens (tertiary/aromatic N) is 5. The summed E-state index contributed by atoms with van der Waals surface area (Å²) < 4.78 is 30.7. The van der Waals surface area contributed by atoms with E-state index in [0.29, 0.717) is 28.1 Å². The van der Waals surface area contributed by atoms with Gasteiger partial charge in [0.2, 0.25) is 11.7 Å². The first kappa shape index (κ1) is 20.1. The van der Waals surface area contributed by atoms with E-state index < -0.39 is 34.5 Å². The van der Waals surface area contributed by atoms with Gasteiger partial charge in [0.15, 0.2) is 0 Å². The molecular weight excluding hydrogens is 432 g/mol. The zero-order valence-electron chi connectivity index (χ0n) is 16.7. The van der Waals surface area contributed by atoms with Crippen molar-refractivity contribution >= 4 is 22.7 Å². The van der Waals surface area contributed by atoms with E-state index in [2.05, 4.69) is 24.9 Å². The summed E-state index contributed by atoms with van der Waals surface area (Å²) in [5, 5.41) is 0.333. The average Bonchev–Trinajstić information content (AvgIpc) is 3.49. The Balaban J connectivity index is 1.57. The number of carbonyl (C=O) groups is 2. The third-order valence-corrected chi connectivity index (χ3v) is 5.07. The van der Waals surface area contributed by atoms with Crippen molar-refractivity contribution < 1.29 is 18.4 Å². The van der Waals surface area contributed by atoms with E-state index in [1.54, 1.807) is 47.9 Å². The van der Waals surface area contributed by atoms with Crippen molar-refractivity contribution in [3.63, 3.8) is 0 Å². The molecule has 5 aromatic rings. The normalized spacial score (nSPS) is 11.1. The number of pyridine rings is 1. The molecule has 0 aliphatic heterocycles. The molecule has 5 rings (SSSR count). The second kappa shape index (κ2) is 7.71. The van der Waals surface area contributed by atoms with Gasteiger partial charge >= 0.3 is 0 Å². The minimum absolute atomic E-state index is 0.0188. The van der Waals surface area contributed by atoms with Gasteiger partial charge in [-0.3, -0.25) is 14.2 Å². The molecule has 0 saturated heterocycles. The van der Waals surface area contributed by atoms with Crippen LogP contribution in [0.4, 0.5) is 8.78 Å². The first-order chi connectivity index (χ1) is 15.9. The number of nitrogens with two attached hydrogens (primary N) is 1. The molecule has 0 spiro atoms. The van der Waals surface area contributed by atoms with Gasteiger partial charge in [-0.05, 0) is 18.2 Å². The fourth-order valence-corrected chi connectivity index (χ4v) is 3.42. The number of halogens is 2. The lowest BCUT2D eigenvalue weighted by atomic mass is 9.98. The summed E-state index contributed by atoms with van der Waals surface area (Å²) in [5.41, 5.74) is 5.19. The maximum Gasteiger partial charge on any atom is 0.251 e. The van der Waals surface area contributed by atoms with Gasteiger partial charge in [-0.1, -0.05) is 0 Å². The molecule has 4 heterocycles. The molecule has 0 saturated carbocycles. The summed E-state index contributed by atoms with van der Waals surface area (Å²) in [6.07, 6.45) is 10.9. The molecule has 162 valence electrons. The first-order valence-electron chi connectivity index (χ1n) is 9.54. The van der Waals surface area contributed by atoms with Crippen LogP contribution >= 0.6 is 0 Å². The van der Waals surface area contributed by atoms with Crippen molar-refractivity contribution in [1.29, 1.82) is 0 Å². The molecule has 0 radical (unpaired) electrons. The number of aromatic amines is 1. The van der Waals surface area contributed by atoms with Crippen LogP contribution in [0.3, 0.4) is 0 Å². The molecular formula is C22H13F2N7O2. The number of ketones is 1. The summed E-state index contributed by atoms with van der Waals surface area (Å²) in [6.45, 7) is 0. The van der Waals surface area contributed by atoms with Crippen LogP contribution in [0.2, 0.25) is 0 Å². The highest BCUT2D eigenvalue weighted by Crippen LogP contribution is 2.28. The second-order valence-corrected chi connectivity index (χ2v) is 7.04. The zero-order chi connectivity index (χ0) is 23.1. The number of carbonyl (C=O) groups excluding carboxylic acids is 2. The first-order valence-corrected chi connectivity index (χ1v) is 9.54. The van der Waals surface area contributed by atoms with Gasteiger partial charge in [-0.25, -0.2) is 28.7 Å². The van der Waals surface area contributed by atoms with E-state index in [4.69, 9.17) is 5.73 Å². The number of aromatic nitrogens is 6. The molecule has 0 aliphatic carbocycles. The van der Waals surface area contributed by atoms with Gasteiger partial charge in [0.25, 0.3) is 5.91 Å². The second-order valence-electron chi connectivity index (χ2n) is 7.04. The molecule has 3 N–H and O–H groups in total. The number of hydrogen-bond donors (Lipinski definition) is 2. The van der Waals surface area contributed by atoms with Crippen molar-refractivity contribution in [3.05, 3.63) is 90.0 Å². The SMILES string of the molecule is NC(=O)c1ccc(F)c(C(=O)c2c[nH]c3ncc(-c4cnc(-n5ccnc5)nc4)cc23)c1F. The van der Waals surface area contributed by atoms with Gasteiger partial charge in [0.1, 0.15) is 23.6 Å². The van der Waals surface area contributed by atoms with Gasteiger partial charge < -0.3 is 10.7 Å². The summed E-state index contributed by atoms with van der Waals surface area (Å²) in [5.74, 6) is -4.06. The van der Waals surface area contributed by atoms with E-state index >= 15 is 0 Å². The highest BCUT2D eigenvalue weighted by Gasteiger charge is 2.26. The third kappa shape index (κ3) is 3.41. The average molecular weight is 445 g/mol. The molecule has 0 unspecified atom stereocenters. The number of benzene rings is 1. The Morgan fingerprint density at radius 2 is 1.76 bits per heavy atom. The number of amides is 1. The smallest absolute Gasteiger partial charge is 0.251 e. The summed E-state index contributed by atoms with van der Waals surface area (Å²) in [6, 6.07) is 3.36. The highest BCUT2D eigenvalue weighted by molar-refractivity contribution is 6.17. The van der Waals surface area contributed by atoms with Crippen LogP contribution in [0, 0.1) is 11.6 Å². The topological polar surface area (TPSA) is 132 Å². The highest BCUT2D eigenvalue weighted by atomic mass is 19.1. The Morgan fingerprint density at radius 1 is 1.00 bits per heavy atom. The Hall–Kier alpha value is -4.80. The third-order valence-electron chi connectivity index (χ3n) is 5.07. The van der Waals surface area contributed by atoms with Crippen LogP contribution < -0.4 is 5.73 Å². The molecule has 33 heavy (non-hydrogen) atoms. The number of nitrogens with one attached hydrogen (secondary N) is 1. The molecule has 0 atom stereocenters. The lowest BCUT2D eigenvalue weighted by molar-refractivity contribution is 0.0996. The van der Waals surface area contributed by atoms with Crippen LogP contribution in [0.25, 0.3) is 28.1 Å². The Bertz CT molecular complexity index is 1530. The van der Waals surface area contributed by atoms with Crippen molar-refractivity contribution in [1.82, 2.24) is 29.5 Å². The molecule has 11 heteroatoms.